The van der Waals surface area contributed by atoms with Crippen molar-refractivity contribution in [2.75, 3.05) is 62.2 Å². The van der Waals surface area contributed by atoms with Gasteiger partial charge in [-0.3, -0.25) is 9.69 Å². The quantitative estimate of drug-likeness (QED) is 0.521. The third kappa shape index (κ3) is 5.44. The van der Waals surface area contributed by atoms with Crippen molar-refractivity contribution in [2.45, 2.75) is 13.5 Å². The molecule has 9 heteroatoms. The third-order valence-electron chi connectivity index (χ3n) is 6.95. The summed E-state index contributed by atoms with van der Waals surface area (Å²) in [4.78, 5) is 30.6. The van der Waals surface area contributed by atoms with Gasteiger partial charge < -0.3 is 14.7 Å². The van der Waals surface area contributed by atoms with Crippen LogP contribution in [0.4, 0.5) is 16.0 Å². The van der Waals surface area contributed by atoms with Crippen molar-refractivity contribution in [3.8, 4) is 0 Å². The van der Waals surface area contributed by atoms with Crippen LogP contribution in [0.3, 0.4) is 0 Å². The summed E-state index contributed by atoms with van der Waals surface area (Å²) in [5.41, 5.74) is 2.89. The molecule has 0 saturated carbocycles. The zero-order chi connectivity index (χ0) is 25.1. The Hall–Kier alpha value is -3.23. The number of carbonyl (C=O) groups excluding carboxylic acids is 1. The molecule has 0 bridgehead atoms. The van der Waals surface area contributed by atoms with Gasteiger partial charge in [-0.05, 0) is 48.4 Å². The Labute approximate surface area is 216 Å². The van der Waals surface area contributed by atoms with E-state index in [-0.39, 0.29) is 11.7 Å². The molecule has 188 valence electrons. The summed E-state index contributed by atoms with van der Waals surface area (Å²) in [6.45, 7) is 8.90. The fourth-order valence-electron chi connectivity index (χ4n) is 4.85. The van der Waals surface area contributed by atoms with Gasteiger partial charge in [0.15, 0.2) is 0 Å². The number of aromatic nitrogens is 2. The molecule has 7 nitrogen and oxygen atoms in total. The Bertz CT molecular complexity index is 1210. The number of hydrogen-bond donors (Lipinski definition) is 0. The lowest BCUT2D eigenvalue weighted by molar-refractivity contribution is 0.0745. The standard InChI is InChI=1S/C27H30ClFN6O/c1-20-4-5-21(19-32-9-11-34(12-10-32)26-24(28)3-2-8-30-26)17-23(20)27(36)35-15-13-33(14-16-35)25-7-6-22(29)18-31-25/h2-8,17-18H,9-16,19H2,1H3. The van der Waals surface area contributed by atoms with E-state index >= 15 is 0 Å². The minimum Gasteiger partial charge on any atom is -0.353 e. The number of halogens is 2. The number of rotatable bonds is 5. The van der Waals surface area contributed by atoms with E-state index in [1.54, 1.807) is 12.3 Å². The van der Waals surface area contributed by atoms with Crippen LogP contribution in [-0.4, -0.2) is 78.0 Å². The molecule has 1 aromatic carbocycles. The summed E-state index contributed by atoms with van der Waals surface area (Å²) in [7, 11) is 0. The van der Waals surface area contributed by atoms with Crippen LogP contribution in [0.15, 0.2) is 54.9 Å². The van der Waals surface area contributed by atoms with Crippen LogP contribution >= 0.6 is 11.6 Å². The van der Waals surface area contributed by atoms with Crippen molar-refractivity contribution >= 4 is 29.1 Å². The highest BCUT2D eigenvalue weighted by Gasteiger charge is 2.25. The van der Waals surface area contributed by atoms with E-state index in [9.17, 15) is 9.18 Å². The van der Waals surface area contributed by atoms with Gasteiger partial charge in [-0.15, -0.1) is 0 Å². The molecule has 0 radical (unpaired) electrons. The van der Waals surface area contributed by atoms with Crippen molar-refractivity contribution in [3.05, 3.63) is 82.4 Å². The average Bonchev–Trinajstić information content (AvgIpc) is 2.91. The zero-order valence-electron chi connectivity index (χ0n) is 20.4. The van der Waals surface area contributed by atoms with Gasteiger partial charge in [0.05, 0.1) is 11.2 Å². The molecular formula is C27H30ClFN6O. The highest BCUT2D eigenvalue weighted by Crippen LogP contribution is 2.24. The van der Waals surface area contributed by atoms with E-state index in [1.807, 2.05) is 36.1 Å². The molecule has 2 aliphatic rings. The van der Waals surface area contributed by atoms with Crippen molar-refractivity contribution in [2.24, 2.45) is 0 Å². The predicted molar refractivity (Wildman–Crippen MR) is 140 cm³/mol. The summed E-state index contributed by atoms with van der Waals surface area (Å²) in [6.07, 6.45) is 3.01. The zero-order valence-corrected chi connectivity index (χ0v) is 21.2. The molecule has 1 amide bonds. The van der Waals surface area contributed by atoms with Gasteiger partial charge in [0.1, 0.15) is 17.5 Å². The van der Waals surface area contributed by atoms with E-state index in [2.05, 4.69) is 30.7 Å². The average molecular weight is 509 g/mol. The maximum atomic E-state index is 13.4. The lowest BCUT2D eigenvalue weighted by Crippen LogP contribution is -2.49. The van der Waals surface area contributed by atoms with Crippen LogP contribution in [0.2, 0.25) is 5.02 Å². The Morgan fingerprint density at radius 2 is 1.69 bits per heavy atom. The van der Waals surface area contributed by atoms with Crippen molar-refractivity contribution < 1.29 is 9.18 Å². The summed E-state index contributed by atoms with van der Waals surface area (Å²) < 4.78 is 13.2. The second kappa shape index (κ2) is 10.8. The lowest BCUT2D eigenvalue weighted by Gasteiger charge is -2.36. The Morgan fingerprint density at radius 1 is 0.944 bits per heavy atom. The Balaban J connectivity index is 1.18. The van der Waals surface area contributed by atoms with Crippen LogP contribution in [-0.2, 0) is 6.54 Å². The molecule has 2 aromatic heterocycles. The highest BCUT2D eigenvalue weighted by molar-refractivity contribution is 6.32. The van der Waals surface area contributed by atoms with Gasteiger partial charge in [-0.25, -0.2) is 14.4 Å². The van der Waals surface area contributed by atoms with E-state index in [4.69, 9.17) is 11.6 Å². The van der Waals surface area contributed by atoms with Crippen LogP contribution < -0.4 is 9.80 Å². The smallest absolute Gasteiger partial charge is 0.254 e. The van der Waals surface area contributed by atoms with Gasteiger partial charge in [-0.2, -0.15) is 0 Å². The second-order valence-corrected chi connectivity index (χ2v) is 9.74. The largest absolute Gasteiger partial charge is 0.353 e. The molecule has 0 atom stereocenters. The van der Waals surface area contributed by atoms with Crippen molar-refractivity contribution in [3.63, 3.8) is 0 Å². The molecule has 2 fully saturated rings. The van der Waals surface area contributed by atoms with E-state index in [0.717, 1.165) is 61.0 Å². The fourth-order valence-corrected chi connectivity index (χ4v) is 5.09. The molecule has 5 rings (SSSR count). The number of amides is 1. The maximum absolute atomic E-state index is 13.4. The van der Waals surface area contributed by atoms with Crippen LogP contribution in [0.25, 0.3) is 0 Å². The van der Waals surface area contributed by atoms with Crippen LogP contribution in [0.5, 0.6) is 0 Å². The van der Waals surface area contributed by atoms with Gasteiger partial charge in [0.25, 0.3) is 5.91 Å². The molecule has 0 spiro atoms. The molecule has 36 heavy (non-hydrogen) atoms. The van der Waals surface area contributed by atoms with Gasteiger partial charge in [0, 0.05) is 70.7 Å². The minimum atomic E-state index is -0.345. The first kappa shape index (κ1) is 24.5. The van der Waals surface area contributed by atoms with E-state index in [1.165, 1.54) is 12.3 Å². The maximum Gasteiger partial charge on any atom is 0.254 e. The van der Waals surface area contributed by atoms with Gasteiger partial charge in [0.2, 0.25) is 0 Å². The number of pyridine rings is 2. The number of anilines is 2. The van der Waals surface area contributed by atoms with Gasteiger partial charge in [-0.1, -0.05) is 23.7 Å². The molecule has 4 heterocycles. The Morgan fingerprint density at radius 3 is 2.39 bits per heavy atom. The predicted octanol–water partition coefficient (Wildman–Crippen LogP) is 3.86. The molecular weight excluding hydrogens is 479 g/mol. The summed E-state index contributed by atoms with van der Waals surface area (Å²) in [5, 5.41) is 0.683. The van der Waals surface area contributed by atoms with E-state index < -0.39 is 0 Å². The van der Waals surface area contributed by atoms with Crippen LogP contribution in [0.1, 0.15) is 21.5 Å². The molecule has 2 saturated heterocycles. The van der Waals surface area contributed by atoms with Gasteiger partial charge >= 0.3 is 0 Å². The lowest BCUT2D eigenvalue weighted by atomic mass is 10.0. The number of carbonyl (C=O) groups is 1. The molecule has 0 unspecified atom stereocenters. The first-order chi connectivity index (χ1) is 17.5. The summed E-state index contributed by atoms with van der Waals surface area (Å²) >= 11 is 6.32. The topological polar surface area (TPSA) is 55.8 Å². The third-order valence-corrected chi connectivity index (χ3v) is 7.25. The first-order valence-corrected chi connectivity index (χ1v) is 12.7. The fraction of sp³-hybridized carbons (Fsp3) is 0.370. The number of nitrogens with zero attached hydrogens (tertiary/aromatic N) is 6. The summed E-state index contributed by atoms with van der Waals surface area (Å²) in [6, 6.07) is 13.0. The number of aryl methyl sites for hydroxylation is 1. The molecule has 3 aromatic rings. The highest BCUT2D eigenvalue weighted by atomic mass is 35.5. The van der Waals surface area contributed by atoms with E-state index in [0.29, 0.717) is 31.2 Å². The number of hydrogen-bond acceptors (Lipinski definition) is 6. The molecule has 0 N–H and O–H groups in total. The first-order valence-electron chi connectivity index (χ1n) is 12.3. The number of benzene rings is 1. The van der Waals surface area contributed by atoms with Crippen LogP contribution in [0, 0.1) is 12.7 Å². The second-order valence-electron chi connectivity index (χ2n) is 9.34. The monoisotopic (exact) mass is 508 g/mol. The summed E-state index contributed by atoms with van der Waals surface area (Å²) in [5.74, 6) is 1.31. The Kier molecular flexibility index (Phi) is 7.34. The normalized spacial score (nSPS) is 16.9. The SMILES string of the molecule is Cc1ccc(CN2CCN(c3ncccc3Cl)CC2)cc1C(=O)N1CCN(c2ccc(F)cn2)CC1. The van der Waals surface area contributed by atoms with Crippen molar-refractivity contribution in [1.29, 1.82) is 0 Å². The van der Waals surface area contributed by atoms with Crippen molar-refractivity contribution in [1.82, 2.24) is 19.8 Å². The molecule has 2 aliphatic heterocycles. The number of piperazine rings is 2. The minimum absolute atomic E-state index is 0.0654. The molecule has 0 aliphatic carbocycles.